The highest BCUT2D eigenvalue weighted by molar-refractivity contribution is 5.85. The molecule has 108 valence electrons. The second-order valence-electron chi connectivity index (χ2n) is 4.60. The normalized spacial score (nSPS) is 18.9. The van der Waals surface area contributed by atoms with Crippen molar-refractivity contribution in [2.75, 3.05) is 0 Å². The predicted molar refractivity (Wildman–Crippen MR) is 67.7 cm³/mol. The van der Waals surface area contributed by atoms with Gasteiger partial charge in [-0.05, 0) is 12.0 Å². The van der Waals surface area contributed by atoms with Gasteiger partial charge in [0.05, 0.1) is 12.1 Å². The topological polar surface area (TPSA) is 64.7 Å². The van der Waals surface area contributed by atoms with Crippen LogP contribution in [-0.4, -0.2) is 17.5 Å². The number of ether oxygens (including phenoxy) is 2. The van der Waals surface area contributed by atoms with E-state index in [0.29, 0.717) is 5.56 Å². The van der Waals surface area contributed by atoms with Crippen molar-refractivity contribution in [3.63, 3.8) is 0 Å². The Morgan fingerprint density at radius 1 is 1.26 bits per heavy atom. The molecule has 1 aliphatic rings. The molecule has 1 heterocycles. The lowest BCUT2D eigenvalue weighted by molar-refractivity contribution is -0.287. The largest absolute Gasteiger partial charge is 0.586 e. The van der Waals surface area contributed by atoms with Gasteiger partial charge in [0, 0.05) is 5.56 Å². The summed E-state index contributed by atoms with van der Waals surface area (Å²) in [7, 11) is 0. The molecule has 0 saturated heterocycles. The molecular weight excluding hydrogens is 280 g/mol. The molecule has 1 aromatic rings. The van der Waals surface area contributed by atoms with Crippen molar-refractivity contribution in [2.45, 2.75) is 32.3 Å². The Bertz CT molecular complexity index is 457. The van der Waals surface area contributed by atoms with Crippen LogP contribution in [-0.2, 0) is 0 Å². The second kappa shape index (κ2) is 5.48. The third kappa shape index (κ3) is 3.08. The number of para-hydroxylation sites is 1. The van der Waals surface area contributed by atoms with Crippen LogP contribution in [0, 0.1) is 5.92 Å². The predicted octanol–water partition coefficient (Wildman–Crippen LogP) is 2.45. The molecule has 0 spiro atoms. The summed E-state index contributed by atoms with van der Waals surface area (Å²) in [6, 6.07) is 3.64. The zero-order chi connectivity index (χ0) is 13.5. The number of aliphatic hydroxyl groups is 1. The van der Waals surface area contributed by atoms with E-state index >= 15 is 0 Å². The van der Waals surface area contributed by atoms with E-state index in [2.05, 4.69) is 9.47 Å². The fourth-order valence-electron chi connectivity index (χ4n) is 1.85. The zero-order valence-corrected chi connectivity index (χ0v) is 11.3. The summed E-state index contributed by atoms with van der Waals surface area (Å²) in [5, 5.41) is 9.90. The Kier molecular flexibility index (Phi) is 4.60. The van der Waals surface area contributed by atoms with Crippen LogP contribution in [0.3, 0.4) is 0 Å². The van der Waals surface area contributed by atoms with Gasteiger partial charge in [-0.2, -0.15) is 0 Å². The second-order valence-corrected chi connectivity index (χ2v) is 4.60. The van der Waals surface area contributed by atoms with Gasteiger partial charge in [0.2, 0.25) is 0 Å². The number of alkyl halides is 2. The van der Waals surface area contributed by atoms with Crippen LogP contribution in [0.1, 0.15) is 25.5 Å². The Morgan fingerprint density at radius 2 is 1.89 bits per heavy atom. The van der Waals surface area contributed by atoms with Gasteiger partial charge in [0.15, 0.2) is 11.5 Å². The van der Waals surface area contributed by atoms with E-state index in [0.717, 1.165) is 0 Å². The van der Waals surface area contributed by atoms with Crippen LogP contribution in [0.15, 0.2) is 18.2 Å². The quantitative estimate of drug-likeness (QED) is 0.899. The van der Waals surface area contributed by atoms with Gasteiger partial charge >= 0.3 is 6.29 Å². The van der Waals surface area contributed by atoms with Gasteiger partial charge in [-0.3, -0.25) is 0 Å². The van der Waals surface area contributed by atoms with Crippen molar-refractivity contribution in [1.29, 1.82) is 0 Å². The number of benzene rings is 1. The molecule has 0 unspecified atom stereocenters. The number of hydrogen-bond donors (Lipinski definition) is 2. The third-order valence-corrected chi connectivity index (χ3v) is 2.87. The van der Waals surface area contributed by atoms with E-state index in [9.17, 15) is 13.9 Å². The van der Waals surface area contributed by atoms with E-state index < -0.39 is 18.4 Å². The summed E-state index contributed by atoms with van der Waals surface area (Å²) < 4.78 is 34.7. The maximum atomic E-state index is 13.0. The minimum absolute atomic E-state index is 0. The number of rotatable bonds is 3. The maximum absolute atomic E-state index is 13.0. The Labute approximate surface area is 115 Å². The Balaban J connectivity index is 0.00000180. The van der Waals surface area contributed by atoms with Crippen LogP contribution >= 0.6 is 12.4 Å². The monoisotopic (exact) mass is 295 g/mol. The van der Waals surface area contributed by atoms with Crippen molar-refractivity contribution in [3.05, 3.63) is 23.8 Å². The van der Waals surface area contributed by atoms with Gasteiger partial charge in [0.1, 0.15) is 0 Å². The molecule has 0 aliphatic carbocycles. The summed E-state index contributed by atoms with van der Waals surface area (Å²) in [5.41, 5.74) is 6.18. The summed E-state index contributed by atoms with van der Waals surface area (Å²) >= 11 is 0. The fraction of sp³-hybridized carbons (Fsp3) is 0.500. The van der Waals surface area contributed by atoms with E-state index in [1.165, 1.54) is 12.1 Å². The zero-order valence-electron chi connectivity index (χ0n) is 10.5. The lowest BCUT2D eigenvalue weighted by atomic mass is 9.94. The SMILES string of the molecule is CC(C)[C@H](O)[C@H](N)c1cccc2c1OC(F)(F)O2.Cl. The van der Waals surface area contributed by atoms with Gasteiger partial charge in [-0.1, -0.05) is 26.0 Å². The van der Waals surface area contributed by atoms with Gasteiger partial charge in [-0.25, -0.2) is 0 Å². The molecule has 0 fully saturated rings. The summed E-state index contributed by atoms with van der Waals surface area (Å²) in [4.78, 5) is 0. The molecule has 0 bridgehead atoms. The van der Waals surface area contributed by atoms with Crippen LogP contribution in [0.5, 0.6) is 11.5 Å². The highest BCUT2D eigenvalue weighted by atomic mass is 35.5. The smallest absolute Gasteiger partial charge is 0.395 e. The van der Waals surface area contributed by atoms with Gasteiger partial charge < -0.3 is 20.3 Å². The highest BCUT2D eigenvalue weighted by Gasteiger charge is 2.45. The first kappa shape index (κ1) is 15.9. The summed E-state index contributed by atoms with van der Waals surface area (Å²) in [5.74, 6) is -0.266. The molecule has 3 N–H and O–H groups in total. The number of hydrogen-bond acceptors (Lipinski definition) is 4. The summed E-state index contributed by atoms with van der Waals surface area (Å²) in [6.45, 7) is 3.58. The minimum Gasteiger partial charge on any atom is -0.395 e. The van der Waals surface area contributed by atoms with Crippen molar-refractivity contribution >= 4 is 12.4 Å². The van der Waals surface area contributed by atoms with Crippen LogP contribution in [0.2, 0.25) is 0 Å². The average molecular weight is 296 g/mol. The van der Waals surface area contributed by atoms with E-state index in [1.54, 1.807) is 19.9 Å². The molecule has 4 nitrogen and oxygen atoms in total. The number of aliphatic hydroxyl groups excluding tert-OH is 1. The number of halogens is 3. The molecule has 2 atom stereocenters. The number of nitrogens with two attached hydrogens (primary N) is 1. The first-order valence-electron chi connectivity index (χ1n) is 5.64. The maximum Gasteiger partial charge on any atom is 0.586 e. The molecule has 0 amide bonds. The lowest BCUT2D eigenvalue weighted by Crippen LogP contribution is -2.31. The third-order valence-electron chi connectivity index (χ3n) is 2.87. The fourth-order valence-corrected chi connectivity index (χ4v) is 1.85. The molecule has 1 aromatic carbocycles. The first-order chi connectivity index (χ1) is 8.32. The summed E-state index contributed by atoms with van der Waals surface area (Å²) in [6.07, 6.45) is -4.53. The lowest BCUT2D eigenvalue weighted by Gasteiger charge is -2.23. The van der Waals surface area contributed by atoms with E-state index in [-0.39, 0.29) is 29.8 Å². The molecule has 1 aliphatic heterocycles. The van der Waals surface area contributed by atoms with Crippen LogP contribution in [0.25, 0.3) is 0 Å². The van der Waals surface area contributed by atoms with Gasteiger partial charge in [-0.15, -0.1) is 21.2 Å². The van der Waals surface area contributed by atoms with E-state index in [1.807, 2.05) is 0 Å². The van der Waals surface area contributed by atoms with Crippen molar-refractivity contribution in [3.8, 4) is 11.5 Å². The van der Waals surface area contributed by atoms with Crippen LogP contribution < -0.4 is 15.2 Å². The van der Waals surface area contributed by atoms with Crippen molar-refractivity contribution in [1.82, 2.24) is 0 Å². The molecule has 2 rings (SSSR count). The van der Waals surface area contributed by atoms with E-state index in [4.69, 9.17) is 5.73 Å². The number of fused-ring (bicyclic) bond motifs is 1. The van der Waals surface area contributed by atoms with Crippen molar-refractivity contribution in [2.24, 2.45) is 11.7 Å². The van der Waals surface area contributed by atoms with Crippen LogP contribution in [0.4, 0.5) is 8.78 Å². The molecule has 7 heteroatoms. The standard InChI is InChI=1S/C12H15F2NO3.ClH/c1-6(2)10(16)9(15)7-4-3-5-8-11(7)18-12(13,14)17-8;/h3-6,9-10,16H,15H2,1-2H3;1H/t9-,10+;/m1./s1. The Hall–Kier alpha value is -1.11. The molecule has 0 saturated carbocycles. The van der Waals surface area contributed by atoms with Gasteiger partial charge in [0.25, 0.3) is 0 Å². The highest BCUT2D eigenvalue weighted by Crippen LogP contribution is 2.45. The molecular formula is C12H16ClF2NO3. The van der Waals surface area contributed by atoms with Crippen molar-refractivity contribution < 1.29 is 23.4 Å². The first-order valence-corrected chi connectivity index (χ1v) is 5.64. The average Bonchev–Trinajstić information content (AvgIpc) is 2.60. The molecule has 0 aromatic heterocycles. The molecule has 0 radical (unpaired) electrons. The Morgan fingerprint density at radius 3 is 2.47 bits per heavy atom. The molecule has 19 heavy (non-hydrogen) atoms. The minimum atomic E-state index is -3.68.